The van der Waals surface area contributed by atoms with Crippen LogP contribution in [0.25, 0.3) is 0 Å². The van der Waals surface area contributed by atoms with E-state index < -0.39 is 0 Å². The van der Waals surface area contributed by atoms with Crippen LogP contribution in [0.5, 0.6) is 5.75 Å². The van der Waals surface area contributed by atoms with Gasteiger partial charge in [-0.25, -0.2) is 0 Å². The predicted molar refractivity (Wildman–Crippen MR) is 138 cm³/mol. The molecule has 1 N–H and O–H groups in total. The number of thiophene rings is 1. The zero-order chi connectivity index (χ0) is 24.8. The normalized spacial score (nSPS) is 12.7. The number of nitrogens with zero attached hydrogens (tertiary/aromatic N) is 1. The Balaban J connectivity index is 1.34. The highest BCUT2D eigenvalue weighted by atomic mass is 32.1. The van der Waals surface area contributed by atoms with Crippen molar-refractivity contribution in [1.82, 2.24) is 4.90 Å². The maximum Gasteiger partial charge on any atom is 0.254 e. The standard InChI is InChI=1S/C28H30N2O4S/c1-3-16-34-22-9-7-20(8-10-22)25(31)11-12-27(32)29-24-6-4-5-23(19(24)2)28(33)30-15-13-26-21(18-30)14-17-35-26/h4-10,14,17H,3,11-13,15-16,18H2,1-2H3,(H,29,32). The Bertz CT molecular complexity index is 1220. The molecule has 0 fully saturated rings. The number of hydrogen-bond donors (Lipinski definition) is 1. The lowest BCUT2D eigenvalue weighted by atomic mass is 10.0. The van der Waals surface area contributed by atoms with Gasteiger partial charge >= 0.3 is 0 Å². The summed E-state index contributed by atoms with van der Waals surface area (Å²) in [6.45, 7) is 5.81. The molecule has 0 unspecified atom stereocenters. The second kappa shape index (κ2) is 11.3. The van der Waals surface area contributed by atoms with Gasteiger partial charge in [0.25, 0.3) is 5.91 Å². The van der Waals surface area contributed by atoms with Gasteiger partial charge in [-0.15, -0.1) is 11.3 Å². The van der Waals surface area contributed by atoms with E-state index in [1.54, 1.807) is 53.8 Å². The first-order valence-electron chi connectivity index (χ1n) is 12.0. The fourth-order valence-electron chi connectivity index (χ4n) is 4.14. The lowest BCUT2D eigenvalue weighted by Crippen LogP contribution is -2.35. The maximum absolute atomic E-state index is 13.2. The van der Waals surface area contributed by atoms with Gasteiger partial charge in [0.1, 0.15) is 5.75 Å². The number of benzene rings is 2. The van der Waals surface area contributed by atoms with Crippen LogP contribution < -0.4 is 10.1 Å². The van der Waals surface area contributed by atoms with Crippen molar-refractivity contribution >= 4 is 34.6 Å². The third-order valence-corrected chi connectivity index (χ3v) is 7.18. The van der Waals surface area contributed by atoms with Crippen LogP contribution in [0.1, 0.15) is 62.9 Å². The monoisotopic (exact) mass is 490 g/mol. The third kappa shape index (κ3) is 5.98. The van der Waals surface area contributed by atoms with E-state index in [0.717, 1.165) is 24.2 Å². The lowest BCUT2D eigenvalue weighted by Gasteiger charge is -2.28. The van der Waals surface area contributed by atoms with Gasteiger partial charge in [-0.2, -0.15) is 0 Å². The second-order valence-corrected chi connectivity index (χ2v) is 9.67. The van der Waals surface area contributed by atoms with Crippen LogP contribution in [0, 0.1) is 6.92 Å². The molecular formula is C28H30N2O4S. The number of carbonyl (C=O) groups excluding carboxylic acids is 3. The number of ketones is 1. The molecule has 2 amide bonds. The largest absolute Gasteiger partial charge is 0.494 e. The van der Waals surface area contributed by atoms with Crippen LogP contribution in [0.3, 0.4) is 0 Å². The number of anilines is 1. The summed E-state index contributed by atoms with van der Waals surface area (Å²) in [6, 6.07) is 14.4. The first-order chi connectivity index (χ1) is 17.0. The van der Waals surface area contributed by atoms with Gasteiger partial charge in [0.05, 0.1) is 6.61 Å². The Morgan fingerprint density at radius 1 is 1.06 bits per heavy atom. The summed E-state index contributed by atoms with van der Waals surface area (Å²) >= 11 is 1.74. The highest BCUT2D eigenvalue weighted by molar-refractivity contribution is 7.10. The van der Waals surface area contributed by atoms with Gasteiger partial charge in [-0.1, -0.05) is 13.0 Å². The molecule has 0 bridgehead atoms. The van der Waals surface area contributed by atoms with Gasteiger partial charge in [-0.05, 0) is 78.7 Å². The van der Waals surface area contributed by atoms with Crippen molar-refractivity contribution in [2.45, 2.75) is 46.1 Å². The van der Waals surface area contributed by atoms with Gasteiger partial charge in [-0.3, -0.25) is 14.4 Å². The van der Waals surface area contributed by atoms with E-state index in [4.69, 9.17) is 4.74 Å². The number of fused-ring (bicyclic) bond motifs is 1. The van der Waals surface area contributed by atoms with Crippen LogP contribution in [0.4, 0.5) is 5.69 Å². The summed E-state index contributed by atoms with van der Waals surface area (Å²) in [4.78, 5) is 41.5. The maximum atomic E-state index is 13.2. The molecule has 7 heteroatoms. The second-order valence-electron chi connectivity index (χ2n) is 8.67. The zero-order valence-corrected chi connectivity index (χ0v) is 21.0. The Kier molecular flexibility index (Phi) is 7.98. The van der Waals surface area contributed by atoms with Gasteiger partial charge in [0.2, 0.25) is 5.91 Å². The van der Waals surface area contributed by atoms with Crippen molar-refractivity contribution in [3.05, 3.63) is 81.0 Å². The molecule has 2 aromatic carbocycles. The average Bonchev–Trinajstić information content (AvgIpc) is 3.35. The summed E-state index contributed by atoms with van der Waals surface area (Å²) in [5, 5.41) is 4.95. The molecule has 4 rings (SSSR count). The number of amides is 2. The van der Waals surface area contributed by atoms with Crippen LogP contribution in [-0.2, 0) is 17.8 Å². The fraction of sp³-hybridized carbons (Fsp3) is 0.321. The van der Waals surface area contributed by atoms with E-state index in [2.05, 4.69) is 16.8 Å². The average molecular weight is 491 g/mol. The molecule has 3 aromatic rings. The van der Waals surface area contributed by atoms with Crippen molar-refractivity contribution in [1.29, 1.82) is 0 Å². The fourth-order valence-corrected chi connectivity index (χ4v) is 5.03. The van der Waals surface area contributed by atoms with E-state index >= 15 is 0 Å². The van der Waals surface area contributed by atoms with E-state index in [-0.39, 0.29) is 30.4 Å². The van der Waals surface area contributed by atoms with E-state index in [0.29, 0.717) is 36.5 Å². The number of rotatable bonds is 9. The molecular weight excluding hydrogens is 460 g/mol. The molecule has 0 atom stereocenters. The van der Waals surface area contributed by atoms with Crippen molar-refractivity contribution in [3.8, 4) is 5.75 Å². The molecule has 1 aliphatic heterocycles. The minimum absolute atomic E-state index is 0.0306. The first kappa shape index (κ1) is 24.7. The van der Waals surface area contributed by atoms with Gasteiger partial charge < -0.3 is 15.0 Å². The SMILES string of the molecule is CCCOc1ccc(C(=O)CCC(=O)Nc2cccc(C(=O)N3CCc4sccc4C3)c2C)cc1. The van der Waals surface area contributed by atoms with Gasteiger partial charge in [0.15, 0.2) is 5.78 Å². The summed E-state index contributed by atoms with van der Waals surface area (Å²) in [6.07, 6.45) is 1.96. The molecule has 0 aliphatic carbocycles. The van der Waals surface area contributed by atoms with Crippen molar-refractivity contribution in [2.75, 3.05) is 18.5 Å². The highest BCUT2D eigenvalue weighted by Gasteiger charge is 2.24. The number of ether oxygens (including phenoxy) is 1. The third-order valence-electron chi connectivity index (χ3n) is 6.16. The Hall–Kier alpha value is -3.45. The van der Waals surface area contributed by atoms with Crippen LogP contribution in [-0.4, -0.2) is 35.6 Å². The lowest BCUT2D eigenvalue weighted by molar-refractivity contribution is -0.116. The molecule has 0 saturated heterocycles. The number of Topliss-reactive ketones (excluding diaryl/α,β-unsaturated/α-hetero) is 1. The number of carbonyl (C=O) groups is 3. The Morgan fingerprint density at radius 2 is 1.86 bits per heavy atom. The minimum atomic E-state index is -0.255. The van der Waals surface area contributed by atoms with Crippen LogP contribution in [0.2, 0.25) is 0 Å². The summed E-state index contributed by atoms with van der Waals surface area (Å²) in [7, 11) is 0. The van der Waals surface area contributed by atoms with E-state index in [1.807, 2.05) is 18.7 Å². The Morgan fingerprint density at radius 3 is 2.63 bits per heavy atom. The molecule has 1 aliphatic rings. The highest BCUT2D eigenvalue weighted by Crippen LogP contribution is 2.27. The van der Waals surface area contributed by atoms with Crippen molar-refractivity contribution in [2.24, 2.45) is 0 Å². The first-order valence-corrected chi connectivity index (χ1v) is 12.8. The summed E-state index contributed by atoms with van der Waals surface area (Å²) in [5.74, 6) is 0.346. The van der Waals surface area contributed by atoms with Crippen molar-refractivity contribution < 1.29 is 19.1 Å². The Labute approximate surface area is 209 Å². The molecule has 1 aromatic heterocycles. The predicted octanol–water partition coefficient (Wildman–Crippen LogP) is 5.65. The summed E-state index contributed by atoms with van der Waals surface area (Å²) in [5.41, 5.74) is 3.68. The number of nitrogens with one attached hydrogen (secondary N) is 1. The molecule has 0 radical (unpaired) electrons. The smallest absolute Gasteiger partial charge is 0.254 e. The summed E-state index contributed by atoms with van der Waals surface area (Å²) < 4.78 is 5.54. The quantitative estimate of drug-likeness (QED) is 0.394. The zero-order valence-electron chi connectivity index (χ0n) is 20.1. The molecule has 182 valence electrons. The molecule has 6 nitrogen and oxygen atoms in total. The topological polar surface area (TPSA) is 75.7 Å². The molecule has 0 spiro atoms. The van der Waals surface area contributed by atoms with E-state index in [1.165, 1.54) is 10.4 Å². The number of hydrogen-bond acceptors (Lipinski definition) is 5. The molecule has 35 heavy (non-hydrogen) atoms. The van der Waals surface area contributed by atoms with Crippen LogP contribution >= 0.6 is 11.3 Å². The van der Waals surface area contributed by atoms with Gasteiger partial charge in [0, 0.05) is 47.6 Å². The molecule has 2 heterocycles. The van der Waals surface area contributed by atoms with E-state index in [9.17, 15) is 14.4 Å². The van der Waals surface area contributed by atoms with Crippen LogP contribution in [0.15, 0.2) is 53.9 Å². The molecule has 0 saturated carbocycles. The van der Waals surface area contributed by atoms with Crippen molar-refractivity contribution in [3.63, 3.8) is 0 Å². The minimum Gasteiger partial charge on any atom is -0.494 e.